The van der Waals surface area contributed by atoms with Crippen molar-refractivity contribution < 1.29 is 4.74 Å². The SMILES string of the molecule is c1ccc(CSc2cn3c(n2)C(C2CC2)OCC3)cc1. The van der Waals surface area contributed by atoms with Crippen LogP contribution in [0, 0.1) is 5.92 Å². The van der Waals surface area contributed by atoms with Crippen molar-refractivity contribution in [2.75, 3.05) is 6.61 Å². The van der Waals surface area contributed by atoms with E-state index >= 15 is 0 Å². The molecule has 1 fully saturated rings. The van der Waals surface area contributed by atoms with Crippen molar-refractivity contribution >= 4 is 11.8 Å². The first-order valence-corrected chi connectivity index (χ1v) is 8.24. The Bertz CT molecular complexity index is 592. The number of thioether (sulfide) groups is 1. The molecule has 2 aliphatic rings. The second-order valence-electron chi connectivity index (χ2n) is 5.53. The van der Waals surface area contributed by atoms with Crippen LogP contribution >= 0.6 is 11.8 Å². The van der Waals surface area contributed by atoms with Crippen LogP contribution in [0.3, 0.4) is 0 Å². The second kappa shape index (κ2) is 5.26. The molecule has 1 atom stereocenters. The normalized spacial score (nSPS) is 21.7. The van der Waals surface area contributed by atoms with Gasteiger partial charge in [0, 0.05) is 18.5 Å². The van der Waals surface area contributed by atoms with Crippen molar-refractivity contribution in [3.63, 3.8) is 0 Å². The van der Waals surface area contributed by atoms with Crippen LogP contribution in [0.25, 0.3) is 0 Å². The van der Waals surface area contributed by atoms with Gasteiger partial charge in [0.25, 0.3) is 0 Å². The van der Waals surface area contributed by atoms with E-state index in [2.05, 4.69) is 41.1 Å². The van der Waals surface area contributed by atoms with Gasteiger partial charge in [0.05, 0.1) is 6.61 Å². The van der Waals surface area contributed by atoms with Crippen LogP contribution in [-0.2, 0) is 17.0 Å². The van der Waals surface area contributed by atoms with Crippen molar-refractivity contribution in [2.24, 2.45) is 5.92 Å². The summed E-state index contributed by atoms with van der Waals surface area (Å²) in [6.45, 7) is 1.77. The highest BCUT2D eigenvalue weighted by molar-refractivity contribution is 7.98. The summed E-state index contributed by atoms with van der Waals surface area (Å²) in [7, 11) is 0. The van der Waals surface area contributed by atoms with Crippen LogP contribution in [0.1, 0.15) is 30.3 Å². The molecular weight excluding hydrogens is 268 g/mol. The summed E-state index contributed by atoms with van der Waals surface area (Å²) in [6.07, 6.45) is 5.03. The largest absolute Gasteiger partial charge is 0.368 e. The first-order chi connectivity index (χ1) is 9.90. The first-order valence-electron chi connectivity index (χ1n) is 7.25. The Labute approximate surface area is 123 Å². The van der Waals surface area contributed by atoms with Gasteiger partial charge in [-0.05, 0) is 24.3 Å². The van der Waals surface area contributed by atoms with Gasteiger partial charge in [0.2, 0.25) is 0 Å². The molecule has 0 radical (unpaired) electrons. The summed E-state index contributed by atoms with van der Waals surface area (Å²) < 4.78 is 8.20. The lowest BCUT2D eigenvalue weighted by molar-refractivity contribution is 0.00283. The molecular formula is C16H18N2OS. The number of nitrogens with zero attached hydrogens (tertiary/aromatic N) is 2. The molecule has 1 aromatic heterocycles. The van der Waals surface area contributed by atoms with E-state index in [1.165, 1.54) is 18.4 Å². The molecule has 0 amide bonds. The van der Waals surface area contributed by atoms with E-state index in [0.29, 0.717) is 5.92 Å². The van der Waals surface area contributed by atoms with Crippen molar-refractivity contribution in [1.82, 2.24) is 9.55 Å². The van der Waals surface area contributed by atoms with Gasteiger partial charge in [-0.25, -0.2) is 4.98 Å². The number of hydrogen-bond donors (Lipinski definition) is 0. The van der Waals surface area contributed by atoms with Crippen molar-refractivity contribution in [1.29, 1.82) is 0 Å². The average Bonchev–Trinajstić information content (AvgIpc) is 3.25. The van der Waals surface area contributed by atoms with E-state index in [9.17, 15) is 0 Å². The summed E-state index contributed by atoms with van der Waals surface area (Å²) >= 11 is 1.81. The Hall–Kier alpha value is -1.26. The summed E-state index contributed by atoms with van der Waals surface area (Å²) in [6, 6.07) is 10.6. The maximum Gasteiger partial charge on any atom is 0.139 e. The van der Waals surface area contributed by atoms with Gasteiger partial charge in [-0.2, -0.15) is 0 Å². The lowest BCUT2D eigenvalue weighted by Crippen LogP contribution is -2.22. The van der Waals surface area contributed by atoms with E-state index < -0.39 is 0 Å². The molecule has 3 nitrogen and oxygen atoms in total. The zero-order chi connectivity index (χ0) is 13.4. The third-order valence-electron chi connectivity index (χ3n) is 3.95. The number of fused-ring (bicyclic) bond motifs is 1. The highest BCUT2D eigenvalue weighted by Crippen LogP contribution is 2.44. The molecule has 0 spiro atoms. The predicted molar refractivity (Wildman–Crippen MR) is 79.6 cm³/mol. The number of imidazole rings is 1. The van der Waals surface area contributed by atoms with Gasteiger partial charge < -0.3 is 9.30 Å². The number of rotatable bonds is 4. The molecule has 4 rings (SSSR count). The third-order valence-corrected chi connectivity index (χ3v) is 4.92. The number of ether oxygens (including phenoxy) is 1. The molecule has 0 N–H and O–H groups in total. The summed E-state index contributed by atoms with van der Waals surface area (Å²) in [5, 5.41) is 1.13. The summed E-state index contributed by atoms with van der Waals surface area (Å²) in [5.41, 5.74) is 1.35. The van der Waals surface area contributed by atoms with Gasteiger partial charge in [-0.15, -0.1) is 11.8 Å². The van der Waals surface area contributed by atoms with E-state index in [1.807, 2.05) is 11.8 Å². The lowest BCUT2D eigenvalue weighted by Gasteiger charge is -2.23. The standard InChI is InChI=1S/C16H18N2OS/c1-2-4-12(5-3-1)11-20-14-10-18-8-9-19-15(13-6-7-13)16(18)17-14/h1-5,10,13,15H,6-9,11H2. The van der Waals surface area contributed by atoms with Crippen LogP contribution in [0.5, 0.6) is 0 Å². The first kappa shape index (κ1) is 12.5. The van der Waals surface area contributed by atoms with Gasteiger partial charge in [-0.3, -0.25) is 0 Å². The second-order valence-corrected chi connectivity index (χ2v) is 6.53. The fourth-order valence-electron chi connectivity index (χ4n) is 2.71. The smallest absolute Gasteiger partial charge is 0.139 e. The molecule has 0 bridgehead atoms. The van der Waals surface area contributed by atoms with Crippen LogP contribution in [0.4, 0.5) is 0 Å². The molecule has 0 saturated heterocycles. The monoisotopic (exact) mass is 286 g/mol. The molecule has 20 heavy (non-hydrogen) atoms. The van der Waals surface area contributed by atoms with Crippen molar-refractivity contribution in [3.8, 4) is 0 Å². The Kier molecular flexibility index (Phi) is 3.28. The number of hydrogen-bond acceptors (Lipinski definition) is 3. The van der Waals surface area contributed by atoms with E-state index in [1.54, 1.807) is 0 Å². The van der Waals surface area contributed by atoms with Crippen LogP contribution < -0.4 is 0 Å². The molecule has 1 saturated carbocycles. The van der Waals surface area contributed by atoms with Gasteiger partial charge in [-0.1, -0.05) is 30.3 Å². The lowest BCUT2D eigenvalue weighted by atomic mass is 10.2. The van der Waals surface area contributed by atoms with E-state index in [4.69, 9.17) is 9.72 Å². The molecule has 2 heterocycles. The van der Waals surface area contributed by atoms with Gasteiger partial charge >= 0.3 is 0 Å². The molecule has 2 aromatic rings. The highest BCUT2D eigenvalue weighted by atomic mass is 32.2. The Balaban J connectivity index is 1.49. The van der Waals surface area contributed by atoms with Gasteiger partial charge in [0.15, 0.2) is 0 Å². The minimum atomic E-state index is 0.245. The zero-order valence-electron chi connectivity index (χ0n) is 11.4. The molecule has 1 aromatic carbocycles. The van der Waals surface area contributed by atoms with Crippen molar-refractivity contribution in [2.45, 2.75) is 36.3 Å². The average molecular weight is 286 g/mol. The summed E-state index contributed by atoms with van der Waals surface area (Å²) in [4.78, 5) is 4.81. The van der Waals surface area contributed by atoms with Crippen LogP contribution in [0.2, 0.25) is 0 Å². The quantitative estimate of drug-likeness (QED) is 0.803. The van der Waals surface area contributed by atoms with Crippen LogP contribution in [0.15, 0.2) is 41.6 Å². The third kappa shape index (κ3) is 2.50. The molecule has 1 unspecified atom stereocenters. The minimum Gasteiger partial charge on any atom is -0.368 e. The molecule has 4 heteroatoms. The fraction of sp³-hybridized carbons (Fsp3) is 0.438. The Morgan fingerprint density at radius 1 is 1.25 bits per heavy atom. The zero-order valence-corrected chi connectivity index (χ0v) is 12.2. The van der Waals surface area contributed by atoms with E-state index in [-0.39, 0.29) is 6.10 Å². The fourth-order valence-corrected chi connectivity index (χ4v) is 3.58. The molecule has 104 valence electrons. The Morgan fingerprint density at radius 2 is 2.10 bits per heavy atom. The highest BCUT2D eigenvalue weighted by Gasteiger charge is 2.37. The number of benzene rings is 1. The predicted octanol–water partition coefficient (Wildman–Crippen LogP) is 3.66. The molecule has 1 aliphatic carbocycles. The summed E-state index contributed by atoms with van der Waals surface area (Å²) in [5.74, 6) is 2.84. The van der Waals surface area contributed by atoms with E-state index in [0.717, 1.165) is 29.8 Å². The number of aromatic nitrogens is 2. The van der Waals surface area contributed by atoms with Crippen LogP contribution in [-0.4, -0.2) is 16.2 Å². The minimum absolute atomic E-state index is 0.245. The maximum absolute atomic E-state index is 5.91. The van der Waals surface area contributed by atoms with Crippen molar-refractivity contribution in [3.05, 3.63) is 47.9 Å². The maximum atomic E-state index is 5.91. The molecule has 1 aliphatic heterocycles. The topological polar surface area (TPSA) is 27.1 Å². The Morgan fingerprint density at radius 3 is 2.90 bits per heavy atom. The van der Waals surface area contributed by atoms with Gasteiger partial charge in [0.1, 0.15) is 17.0 Å².